The van der Waals surface area contributed by atoms with Crippen LogP contribution < -0.4 is 5.32 Å². The van der Waals surface area contributed by atoms with Gasteiger partial charge in [-0.05, 0) is 57.3 Å². The number of carbonyl (C=O) groups is 3. The number of carbonyl (C=O) groups excluding carboxylic acids is 3. The van der Waals surface area contributed by atoms with Crippen LogP contribution in [0.1, 0.15) is 73.6 Å². The van der Waals surface area contributed by atoms with Crippen LogP contribution in [-0.2, 0) is 19.1 Å². The van der Waals surface area contributed by atoms with Crippen LogP contribution in [0.15, 0.2) is 0 Å². The van der Waals surface area contributed by atoms with Crippen molar-refractivity contribution >= 4 is 17.8 Å². The Balaban J connectivity index is 2.00. The standard InChI is InChI=1S/C24H43N3O4/c1-16(2)13-20-23(29)27(12-9-25-20)21(14-17(3)4)24(30)26-10-7-19(8-11-26)15-22(28)31-18(5)6/h16-21,25H,7-15H2,1-6H3/t20-,21-/m0/s1. The van der Waals surface area contributed by atoms with E-state index in [0.29, 0.717) is 44.3 Å². The van der Waals surface area contributed by atoms with Crippen molar-refractivity contribution in [2.45, 2.75) is 91.8 Å². The number of piperazine rings is 1. The van der Waals surface area contributed by atoms with Gasteiger partial charge in [0.05, 0.1) is 12.1 Å². The van der Waals surface area contributed by atoms with Crippen LogP contribution in [0.2, 0.25) is 0 Å². The highest BCUT2D eigenvalue weighted by molar-refractivity contribution is 5.90. The third kappa shape index (κ3) is 7.78. The van der Waals surface area contributed by atoms with Crippen LogP contribution in [0.4, 0.5) is 0 Å². The van der Waals surface area contributed by atoms with Gasteiger partial charge < -0.3 is 19.9 Å². The molecule has 178 valence electrons. The molecule has 0 saturated carbocycles. The number of likely N-dealkylation sites (tertiary alicyclic amines) is 1. The lowest BCUT2D eigenvalue weighted by Crippen LogP contribution is -2.62. The van der Waals surface area contributed by atoms with E-state index in [0.717, 1.165) is 25.8 Å². The fraction of sp³-hybridized carbons (Fsp3) is 0.875. The molecule has 0 spiro atoms. The van der Waals surface area contributed by atoms with Crippen LogP contribution in [0.5, 0.6) is 0 Å². The first-order valence-electron chi connectivity index (χ1n) is 12.1. The second-order valence-electron chi connectivity index (χ2n) is 10.3. The second kappa shape index (κ2) is 11.8. The van der Waals surface area contributed by atoms with E-state index in [2.05, 4.69) is 33.0 Å². The summed E-state index contributed by atoms with van der Waals surface area (Å²) in [6.45, 7) is 14.7. The molecule has 1 N–H and O–H groups in total. The zero-order valence-electron chi connectivity index (χ0n) is 20.4. The highest BCUT2D eigenvalue weighted by atomic mass is 16.5. The van der Waals surface area contributed by atoms with Crippen LogP contribution in [0.25, 0.3) is 0 Å². The zero-order chi connectivity index (χ0) is 23.1. The molecule has 0 unspecified atom stereocenters. The van der Waals surface area contributed by atoms with E-state index in [1.165, 1.54) is 0 Å². The van der Waals surface area contributed by atoms with Gasteiger partial charge in [-0.3, -0.25) is 14.4 Å². The quantitative estimate of drug-likeness (QED) is 0.561. The summed E-state index contributed by atoms with van der Waals surface area (Å²) in [5, 5.41) is 3.33. The Bertz CT molecular complexity index is 612. The lowest BCUT2D eigenvalue weighted by molar-refractivity contribution is -0.151. The molecule has 0 aliphatic carbocycles. The van der Waals surface area contributed by atoms with Gasteiger partial charge >= 0.3 is 5.97 Å². The third-order valence-electron chi connectivity index (χ3n) is 6.14. The fourth-order valence-electron chi connectivity index (χ4n) is 4.64. The zero-order valence-corrected chi connectivity index (χ0v) is 20.4. The monoisotopic (exact) mass is 437 g/mol. The normalized spacial score (nSPS) is 21.8. The van der Waals surface area contributed by atoms with Crippen molar-refractivity contribution in [3.05, 3.63) is 0 Å². The van der Waals surface area contributed by atoms with Gasteiger partial charge in [0, 0.05) is 32.6 Å². The average molecular weight is 438 g/mol. The minimum Gasteiger partial charge on any atom is -0.463 e. The van der Waals surface area contributed by atoms with Gasteiger partial charge in [0.15, 0.2) is 0 Å². The summed E-state index contributed by atoms with van der Waals surface area (Å²) >= 11 is 0. The Morgan fingerprint density at radius 3 is 2.23 bits per heavy atom. The molecule has 0 bridgehead atoms. The summed E-state index contributed by atoms with van der Waals surface area (Å²) in [5.74, 6) is 0.974. The first-order chi connectivity index (χ1) is 14.6. The van der Waals surface area contributed by atoms with E-state index in [1.807, 2.05) is 23.6 Å². The summed E-state index contributed by atoms with van der Waals surface area (Å²) in [6.07, 6.45) is 3.40. The molecule has 2 aliphatic heterocycles. The molecule has 0 aromatic carbocycles. The molecular formula is C24H43N3O4. The predicted octanol–water partition coefficient (Wildman–Crippen LogP) is 2.83. The average Bonchev–Trinajstić information content (AvgIpc) is 2.67. The molecule has 2 aliphatic rings. The number of nitrogens with zero attached hydrogens (tertiary/aromatic N) is 2. The lowest BCUT2D eigenvalue weighted by Gasteiger charge is -2.42. The van der Waals surface area contributed by atoms with Gasteiger partial charge in [0.25, 0.3) is 0 Å². The molecule has 2 fully saturated rings. The van der Waals surface area contributed by atoms with Crippen molar-refractivity contribution in [1.82, 2.24) is 15.1 Å². The molecular weight excluding hydrogens is 394 g/mol. The molecule has 2 heterocycles. The van der Waals surface area contributed by atoms with Crippen LogP contribution in [0, 0.1) is 17.8 Å². The Kier molecular flexibility index (Phi) is 9.79. The van der Waals surface area contributed by atoms with E-state index >= 15 is 0 Å². The van der Waals surface area contributed by atoms with Gasteiger partial charge in [0.1, 0.15) is 6.04 Å². The molecule has 31 heavy (non-hydrogen) atoms. The van der Waals surface area contributed by atoms with Crippen LogP contribution in [0.3, 0.4) is 0 Å². The fourth-order valence-corrected chi connectivity index (χ4v) is 4.64. The van der Waals surface area contributed by atoms with Crippen molar-refractivity contribution in [3.63, 3.8) is 0 Å². The van der Waals surface area contributed by atoms with Crippen molar-refractivity contribution in [2.75, 3.05) is 26.2 Å². The summed E-state index contributed by atoms with van der Waals surface area (Å²) < 4.78 is 5.27. The van der Waals surface area contributed by atoms with Gasteiger partial charge in [-0.15, -0.1) is 0 Å². The van der Waals surface area contributed by atoms with E-state index in [4.69, 9.17) is 4.74 Å². The topological polar surface area (TPSA) is 79.0 Å². The minimum absolute atomic E-state index is 0.0604. The number of piperidine rings is 1. The Morgan fingerprint density at radius 1 is 1.03 bits per heavy atom. The highest BCUT2D eigenvalue weighted by Crippen LogP contribution is 2.25. The van der Waals surface area contributed by atoms with E-state index in [9.17, 15) is 14.4 Å². The number of nitrogens with one attached hydrogen (secondary N) is 1. The van der Waals surface area contributed by atoms with Crippen molar-refractivity contribution < 1.29 is 19.1 Å². The summed E-state index contributed by atoms with van der Waals surface area (Å²) in [5.41, 5.74) is 0. The molecule has 2 amide bonds. The van der Waals surface area contributed by atoms with Gasteiger partial charge in [0.2, 0.25) is 11.8 Å². The van der Waals surface area contributed by atoms with Crippen molar-refractivity contribution in [3.8, 4) is 0 Å². The summed E-state index contributed by atoms with van der Waals surface area (Å²) in [6, 6.07) is -0.597. The third-order valence-corrected chi connectivity index (χ3v) is 6.14. The van der Waals surface area contributed by atoms with Crippen LogP contribution >= 0.6 is 0 Å². The molecule has 0 radical (unpaired) electrons. The SMILES string of the molecule is CC(C)C[C@@H]1NCCN([C@@H](CC(C)C)C(=O)N2CCC(CC(=O)OC(C)C)CC2)C1=O. The number of hydrogen-bond donors (Lipinski definition) is 1. The molecule has 2 atom stereocenters. The molecule has 7 heteroatoms. The number of esters is 1. The van der Waals surface area contributed by atoms with E-state index < -0.39 is 6.04 Å². The van der Waals surface area contributed by atoms with Gasteiger partial charge in [-0.25, -0.2) is 0 Å². The Labute approximate surface area is 188 Å². The number of hydrogen-bond acceptors (Lipinski definition) is 5. The molecule has 2 saturated heterocycles. The highest BCUT2D eigenvalue weighted by Gasteiger charge is 2.39. The number of amides is 2. The van der Waals surface area contributed by atoms with Gasteiger partial charge in [-0.1, -0.05) is 27.7 Å². The molecule has 2 rings (SSSR count). The van der Waals surface area contributed by atoms with Gasteiger partial charge in [-0.2, -0.15) is 0 Å². The number of rotatable bonds is 9. The second-order valence-corrected chi connectivity index (χ2v) is 10.3. The smallest absolute Gasteiger partial charge is 0.306 e. The maximum Gasteiger partial charge on any atom is 0.306 e. The van der Waals surface area contributed by atoms with Crippen LogP contribution in [-0.4, -0.2) is 72.0 Å². The van der Waals surface area contributed by atoms with Crippen molar-refractivity contribution in [1.29, 1.82) is 0 Å². The minimum atomic E-state index is -0.397. The largest absolute Gasteiger partial charge is 0.463 e. The first-order valence-corrected chi connectivity index (χ1v) is 12.1. The molecule has 7 nitrogen and oxygen atoms in total. The predicted molar refractivity (Wildman–Crippen MR) is 121 cm³/mol. The maximum absolute atomic E-state index is 13.5. The molecule has 0 aromatic heterocycles. The maximum atomic E-state index is 13.5. The Hall–Kier alpha value is -1.63. The summed E-state index contributed by atoms with van der Waals surface area (Å²) in [7, 11) is 0. The van der Waals surface area contributed by atoms with E-state index in [-0.39, 0.29) is 35.8 Å². The number of ether oxygens (including phenoxy) is 1. The first kappa shape index (κ1) is 25.6. The lowest BCUT2D eigenvalue weighted by atomic mass is 9.92. The molecule has 0 aromatic rings. The van der Waals surface area contributed by atoms with E-state index in [1.54, 1.807) is 0 Å². The Morgan fingerprint density at radius 2 is 1.68 bits per heavy atom. The van der Waals surface area contributed by atoms with Crippen molar-refractivity contribution in [2.24, 2.45) is 17.8 Å². The summed E-state index contributed by atoms with van der Waals surface area (Å²) in [4.78, 5) is 42.4.